The van der Waals surface area contributed by atoms with E-state index in [2.05, 4.69) is 43.0 Å². The molecule has 0 radical (unpaired) electrons. The van der Waals surface area contributed by atoms with Crippen molar-refractivity contribution in [2.24, 2.45) is 5.10 Å². The zero-order chi connectivity index (χ0) is 29.6. The molecule has 0 saturated carbocycles. The highest BCUT2D eigenvalue weighted by Gasteiger charge is 2.28. The van der Waals surface area contributed by atoms with Gasteiger partial charge in [-0.1, -0.05) is 29.3 Å². The Morgan fingerprint density at radius 3 is 2.88 bits per heavy atom. The quantitative estimate of drug-likeness (QED) is 0.204. The first-order chi connectivity index (χ1) is 20.4. The fourth-order valence-electron chi connectivity index (χ4n) is 4.63. The number of nitrogen functional groups attached to an aromatic ring is 1. The number of carbonyl (C=O) groups is 1. The average Bonchev–Trinajstić information content (AvgIpc) is 3.59. The molecule has 3 heterocycles. The lowest BCUT2D eigenvalue weighted by Crippen LogP contribution is -2.38. The SMILES string of the molecule is COc1cc(/C=N\NC(=O)c2nnn(-c3nonc3N)c2CN2CCCCC2C)ccc1OCc1c(F)cccc1Cl. The van der Waals surface area contributed by atoms with Gasteiger partial charge in [-0.15, -0.1) is 5.10 Å². The molecule has 3 N–H and O–H groups in total. The number of nitrogens with zero attached hydrogens (tertiary/aromatic N) is 7. The Kier molecular flexibility index (Phi) is 8.93. The second-order valence-corrected chi connectivity index (χ2v) is 10.1. The molecular formula is C27H29ClFN9O4. The molecule has 0 bridgehead atoms. The van der Waals surface area contributed by atoms with E-state index in [-0.39, 0.29) is 34.5 Å². The number of likely N-dealkylation sites (tertiary alicyclic amines) is 1. The van der Waals surface area contributed by atoms with Crippen molar-refractivity contribution in [1.29, 1.82) is 0 Å². The van der Waals surface area contributed by atoms with Crippen molar-refractivity contribution in [1.82, 2.24) is 35.6 Å². The van der Waals surface area contributed by atoms with Crippen molar-refractivity contribution in [3.05, 3.63) is 69.8 Å². The normalized spacial score (nSPS) is 15.7. The Morgan fingerprint density at radius 1 is 1.29 bits per heavy atom. The predicted molar refractivity (Wildman–Crippen MR) is 151 cm³/mol. The fourth-order valence-corrected chi connectivity index (χ4v) is 4.85. The van der Waals surface area contributed by atoms with Gasteiger partial charge in [0, 0.05) is 18.2 Å². The standard InChI is InChI=1S/C27H29ClFN9O4/c1-16-6-3-4-11-37(16)14-21-24(32-36-38(21)26-25(30)34-42-35-26)27(39)33-31-13-17-9-10-22(23(12-17)40-2)41-15-18-19(28)7-5-8-20(18)29/h5,7-10,12-13,16H,3-4,6,11,14-15H2,1-2H3,(H2,30,34)(H,33,39)/b31-13-. The van der Waals surface area contributed by atoms with Crippen molar-refractivity contribution in [3.63, 3.8) is 0 Å². The highest BCUT2D eigenvalue weighted by molar-refractivity contribution is 6.31. The van der Waals surface area contributed by atoms with Crippen LogP contribution in [0.1, 0.15) is 53.5 Å². The van der Waals surface area contributed by atoms with Crippen LogP contribution in [-0.4, -0.2) is 62.0 Å². The number of carbonyl (C=O) groups excluding carboxylic acids is 1. The van der Waals surface area contributed by atoms with Gasteiger partial charge in [0.2, 0.25) is 11.6 Å². The van der Waals surface area contributed by atoms with Crippen molar-refractivity contribution in [3.8, 4) is 17.3 Å². The van der Waals surface area contributed by atoms with E-state index in [9.17, 15) is 9.18 Å². The number of anilines is 1. The Morgan fingerprint density at radius 2 is 2.14 bits per heavy atom. The van der Waals surface area contributed by atoms with Crippen LogP contribution in [0.4, 0.5) is 10.2 Å². The number of hydrogen-bond donors (Lipinski definition) is 2. The average molecular weight is 598 g/mol. The third-order valence-corrected chi connectivity index (χ3v) is 7.32. The number of hydrazone groups is 1. The van der Waals surface area contributed by atoms with Gasteiger partial charge in [0.25, 0.3) is 5.91 Å². The molecule has 15 heteroatoms. The molecule has 0 spiro atoms. The summed E-state index contributed by atoms with van der Waals surface area (Å²) in [6, 6.07) is 9.76. The summed E-state index contributed by atoms with van der Waals surface area (Å²) in [5.41, 5.74) is 9.79. The Hall–Kier alpha value is -4.56. The maximum Gasteiger partial charge on any atom is 0.293 e. The number of hydrogen-bond acceptors (Lipinski definition) is 11. The number of amides is 1. The number of halogens is 2. The van der Waals surface area contributed by atoms with Crippen LogP contribution >= 0.6 is 11.6 Å². The molecule has 1 atom stereocenters. The van der Waals surface area contributed by atoms with Crippen molar-refractivity contribution < 1.29 is 23.3 Å². The predicted octanol–water partition coefficient (Wildman–Crippen LogP) is 3.75. The first-order valence-electron chi connectivity index (χ1n) is 13.2. The molecule has 42 heavy (non-hydrogen) atoms. The zero-order valence-corrected chi connectivity index (χ0v) is 23.7. The summed E-state index contributed by atoms with van der Waals surface area (Å²) in [4.78, 5) is 15.4. The third-order valence-electron chi connectivity index (χ3n) is 6.97. The van der Waals surface area contributed by atoms with Gasteiger partial charge >= 0.3 is 0 Å². The van der Waals surface area contributed by atoms with E-state index < -0.39 is 11.7 Å². The summed E-state index contributed by atoms with van der Waals surface area (Å²) in [6.45, 7) is 3.32. The van der Waals surface area contributed by atoms with Gasteiger partial charge in [-0.05, 0) is 72.5 Å². The number of rotatable bonds is 10. The molecule has 1 unspecified atom stereocenters. The van der Waals surface area contributed by atoms with Gasteiger partial charge in [0.15, 0.2) is 17.2 Å². The molecule has 2 aromatic heterocycles. The third kappa shape index (κ3) is 6.34. The van der Waals surface area contributed by atoms with Crippen LogP contribution in [0.5, 0.6) is 11.5 Å². The molecule has 2 aromatic carbocycles. The lowest BCUT2D eigenvalue weighted by Gasteiger charge is -2.33. The van der Waals surface area contributed by atoms with E-state index in [1.54, 1.807) is 24.3 Å². The summed E-state index contributed by atoms with van der Waals surface area (Å²) in [6.07, 6.45) is 4.68. The highest BCUT2D eigenvalue weighted by atomic mass is 35.5. The number of piperidine rings is 1. The molecular weight excluding hydrogens is 569 g/mol. The second-order valence-electron chi connectivity index (χ2n) is 9.68. The molecule has 5 rings (SSSR count). The molecule has 1 fully saturated rings. The number of aromatic nitrogens is 5. The van der Waals surface area contributed by atoms with Crippen LogP contribution in [0.3, 0.4) is 0 Å². The lowest BCUT2D eigenvalue weighted by molar-refractivity contribution is 0.0945. The molecule has 1 aliphatic rings. The lowest BCUT2D eigenvalue weighted by atomic mass is 10.0. The summed E-state index contributed by atoms with van der Waals surface area (Å²) in [5.74, 6) is -0.0885. The summed E-state index contributed by atoms with van der Waals surface area (Å²) < 4.78 is 31.4. The molecule has 1 aliphatic heterocycles. The number of benzene rings is 2. The van der Waals surface area contributed by atoms with E-state index >= 15 is 0 Å². The number of nitrogens with one attached hydrogen (secondary N) is 1. The number of nitrogens with two attached hydrogens (primary N) is 1. The maximum atomic E-state index is 14.1. The van der Waals surface area contributed by atoms with E-state index in [0.29, 0.717) is 35.3 Å². The minimum Gasteiger partial charge on any atom is -0.493 e. The van der Waals surface area contributed by atoms with Crippen LogP contribution in [-0.2, 0) is 13.2 Å². The first-order valence-corrected chi connectivity index (χ1v) is 13.6. The largest absolute Gasteiger partial charge is 0.493 e. The Balaban J connectivity index is 1.30. The topological polar surface area (TPSA) is 159 Å². The van der Waals surface area contributed by atoms with Gasteiger partial charge < -0.3 is 15.2 Å². The van der Waals surface area contributed by atoms with Gasteiger partial charge in [-0.2, -0.15) is 9.78 Å². The van der Waals surface area contributed by atoms with Crippen molar-refractivity contribution >= 4 is 29.5 Å². The van der Waals surface area contributed by atoms with Crippen LogP contribution in [0.2, 0.25) is 5.02 Å². The molecule has 13 nitrogen and oxygen atoms in total. The molecule has 220 valence electrons. The van der Waals surface area contributed by atoms with Crippen molar-refractivity contribution in [2.75, 3.05) is 19.4 Å². The number of methoxy groups -OCH3 is 1. The Bertz CT molecular complexity index is 1570. The van der Waals surface area contributed by atoms with Gasteiger partial charge in [0.1, 0.15) is 12.4 Å². The second kappa shape index (κ2) is 13.0. The van der Waals surface area contributed by atoms with Crippen LogP contribution in [0, 0.1) is 5.82 Å². The van der Waals surface area contributed by atoms with E-state index in [1.165, 1.54) is 30.1 Å². The summed E-state index contributed by atoms with van der Waals surface area (Å²) in [7, 11) is 1.48. The molecule has 1 saturated heterocycles. The molecule has 1 amide bonds. The number of ether oxygens (including phenoxy) is 2. The van der Waals surface area contributed by atoms with E-state index in [0.717, 1.165) is 25.8 Å². The smallest absolute Gasteiger partial charge is 0.293 e. The maximum absolute atomic E-state index is 14.1. The van der Waals surface area contributed by atoms with Crippen molar-refractivity contribution in [2.45, 2.75) is 45.4 Å². The fraction of sp³-hybridized carbons (Fsp3) is 0.333. The van der Waals surface area contributed by atoms with Gasteiger partial charge in [-0.3, -0.25) is 9.69 Å². The monoisotopic (exact) mass is 597 g/mol. The first kappa shape index (κ1) is 29.0. The van der Waals surface area contributed by atoms with E-state index in [1.807, 2.05) is 0 Å². The Labute approximate surface area is 245 Å². The molecule has 4 aromatic rings. The van der Waals surface area contributed by atoms with Crippen LogP contribution in [0.25, 0.3) is 5.82 Å². The minimum absolute atomic E-state index is 0.0243. The van der Waals surface area contributed by atoms with Gasteiger partial charge in [-0.25, -0.2) is 14.4 Å². The molecule has 0 aliphatic carbocycles. The summed E-state index contributed by atoms with van der Waals surface area (Å²) in [5, 5.41) is 20.0. The van der Waals surface area contributed by atoms with Gasteiger partial charge in [0.05, 0.1) is 24.0 Å². The zero-order valence-electron chi connectivity index (χ0n) is 23.0. The van der Waals surface area contributed by atoms with E-state index in [4.69, 9.17) is 31.4 Å². The van der Waals surface area contributed by atoms with Crippen LogP contribution < -0.4 is 20.6 Å². The summed E-state index contributed by atoms with van der Waals surface area (Å²) >= 11 is 6.09. The minimum atomic E-state index is -0.569. The highest BCUT2D eigenvalue weighted by Crippen LogP contribution is 2.30. The van der Waals surface area contributed by atoms with Crippen LogP contribution in [0.15, 0.2) is 46.1 Å².